The molecule has 2 aliphatic heterocycles. The smallest absolute Gasteiger partial charge is 0.247 e. The van der Waals surface area contributed by atoms with E-state index in [2.05, 4.69) is 16.7 Å². The Balaban J connectivity index is 1.27. The van der Waals surface area contributed by atoms with E-state index in [0.717, 1.165) is 23.1 Å². The van der Waals surface area contributed by atoms with Gasteiger partial charge in [0.05, 0.1) is 15.7 Å². The van der Waals surface area contributed by atoms with Gasteiger partial charge in [-0.3, -0.25) is 19.2 Å². The molecule has 0 radical (unpaired) electrons. The molecular weight excluding hydrogens is 620 g/mol. The summed E-state index contributed by atoms with van der Waals surface area (Å²) in [5.74, 6) is -2.62. The highest BCUT2D eigenvalue weighted by Crippen LogP contribution is 2.30. The van der Waals surface area contributed by atoms with Crippen molar-refractivity contribution >= 4 is 52.5 Å². The molecule has 4 N–H and O–H groups in total. The zero-order chi connectivity index (χ0) is 32.1. The molecular formula is C33H34Cl2FN5O4. The molecule has 0 aliphatic carbocycles. The van der Waals surface area contributed by atoms with Crippen molar-refractivity contribution in [1.82, 2.24) is 15.1 Å². The van der Waals surface area contributed by atoms with Gasteiger partial charge in [-0.25, -0.2) is 4.39 Å². The van der Waals surface area contributed by atoms with Crippen molar-refractivity contribution in [2.24, 2.45) is 5.73 Å². The van der Waals surface area contributed by atoms with E-state index in [9.17, 15) is 23.6 Å². The SMILES string of the molecule is NCC[C@H](NC(=O)[C@@H]1Cc2ccccc2CN1C(=O)CCC(=O)N1CCc2ccccc2C1)C(=O)Nc1ccc(Cl)c(Cl)c1F. The summed E-state index contributed by atoms with van der Waals surface area (Å²) < 4.78 is 14.6. The van der Waals surface area contributed by atoms with Gasteiger partial charge in [0.1, 0.15) is 12.1 Å². The lowest BCUT2D eigenvalue weighted by molar-refractivity contribution is -0.144. The Morgan fingerprint density at radius 1 is 0.889 bits per heavy atom. The van der Waals surface area contributed by atoms with E-state index in [0.29, 0.717) is 13.1 Å². The fraction of sp³-hybridized carbons (Fsp3) is 0.333. The summed E-state index contributed by atoms with van der Waals surface area (Å²) in [7, 11) is 0. The molecule has 2 aliphatic rings. The molecule has 0 bridgehead atoms. The van der Waals surface area contributed by atoms with Crippen molar-refractivity contribution in [3.05, 3.63) is 98.8 Å². The molecule has 2 atom stereocenters. The number of fused-ring (bicyclic) bond motifs is 2. The number of hydrogen-bond donors (Lipinski definition) is 3. The van der Waals surface area contributed by atoms with Gasteiger partial charge in [0.2, 0.25) is 23.6 Å². The van der Waals surface area contributed by atoms with Gasteiger partial charge in [-0.1, -0.05) is 71.7 Å². The number of nitrogens with zero attached hydrogens (tertiary/aromatic N) is 2. The molecule has 3 aromatic carbocycles. The van der Waals surface area contributed by atoms with Gasteiger partial charge in [0, 0.05) is 38.9 Å². The van der Waals surface area contributed by atoms with Crippen molar-refractivity contribution in [3.63, 3.8) is 0 Å². The molecule has 0 saturated heterocycles. The molecule has 2 heterocycles. The largest absolute Gasteiger partial charge is 0.342 e. The normalized spacial score (nSPS) is 16.3. The van der Waals surface area contributed by atoms with E-state index in [1.807, 2.05) is 42.5 Å². The minimum Gasteiger partial charge on any atom is -0.342 e. The maximum absolute atomic E-state index is 14.6. The second kappa shape index (κ2) is 14.4. The fourth-order valence-corrected chi connectivity index (χ4v) is 6.10. The van der Waals surface area contributed by atoms with Crippen LogP contribution in [0.3, 0.4) is 0 Å². The van der Waals surface area contributed by atoms with Crippen molar-refractivity contribution < 1.29 is 23.6 Å². The number of halogens is 3. The van der Waals surface area contributed by atoms with Crippen LogP contribution in [0.1, 0.15) is 41.5 Å². The van der Waals surface area contributed by atoms with Crippen LogP contribution >= 0.6 is 23.2 Å². The van der Waals surface area contributed by atoms with E-state index in [1.54, 1.807) is 4.90 Å². The molecule has 0 aromatic heterocycles. The first-order valence-electron chi connectivity index (χ1n) is 14.8. The highest BCUT2D eigenvalue weighted by atomic mass is 35.5. The maximum Gasteiger partial charge on any atom is 0.247 e. The topological polar surface area (TPSA) is 125 Å². The quantitative estimate of drug-likeness (QED) is 0.298. The number of benzene rings is 3. The number of rotatable bonds is 9. The van der Waals surface area contributed by atoms with Gasteiger partial charge in [-0.2, -0.15) is 0 Å². The van der Waals surface area contributed by atoms with Crippen LogP contribution in [0.2, 0.25) is 10.0 Å². The van der Waals surface area contributed by atoms with Gasteiger partial charge in [0.25, 0.3) is 0 Å². The van der Waals surface area contributed by atoms with Gasteiger partial charge in [-0.15, -0.1) is 0 Å². The summed E-state index contributed by atoms with van der Waals surface area (Å²) in [6, 6.07) is 16.1. The molecule has 236 valence electrons. The van der Waals surface area contributed by atoms with Crippen molar-refractivity contribution in [1.29, 1.82) is 0 Å². The molecule has 0 unspecified atom stereocenters. The highest BCUT2D eigenvalue weighted by Gasteiger charge is 2.36. The number of amides is 4. The predicted molar refractivity (Wildman–Crippen MR) is 170 cm³/mol. The summed E-state index contributed by atoms with van der Waals surface area (Å²) in [6.07, 6.45) is 0.998. The second-order valence-electron chi connectivity index (χ2n) is 11.2. The molecule has 12 heteroatoms. The molecule has 9 nitrogen and oxygen atoms in total. The second-order valence-corrected chi connectivity index (χ2v) is 12.0. The Morgan fingerprint density at radius 3 is 2.24 bits per heavy atom. The Labute approximate surface area is 270 Å². The zero-order valence-corrected chi connectivity index (χ0v) is 26.0. The lowest BCUT2D eigenvalue weighted by atomic mass is 9.92. The van der Waals surface area contributed by atoms with Crippen LogP contribution in [0.25, 0.3) is 0 Å². The first kappa shape index (κ1) is 32.4. The third kappa shape index (κ3) is 7.46. The summed E-state index contributed by atoms with van der Waals surface area (Å²) in [4.78, 5) is 56.8. The first-order valence-corrected chi connectivity index (χ1v) is 15.6. The van der Waals surface area contributed by atoms with Gasteiger partial charge in [-0.05, 0) is 53.8 Å². The van der Waals surface area contributed by atoms with Crippen LogP contribution in [-0.2, 0) is 45.1 Å². The Hall–Kier alpha value is -3.99. The Bertz CT molecular complexity index is 1620. The average molecular weight is 655 g/mol. The predicted octanol–water partition coefficient (Wildman–Crippen LogP) is 4.22. The number of anilines is 1. The van der Waals surface area contributed by atoms with E-state index in [-0.39, 0.29) is 66.3 Å². The van der Waals surface area contributed by atoms with Crippen LogP contribution in [0.5, 0.6) is 0 Å². The summed E-state index contributed by atoms with van der Waals surface area (Å²) >= 11 is 11.7. The number of carbonyl (C=O) groups is 4. The summed E-state index contributed by atoms with van der Waals surface area (Å²) in [5, 5.41) is 4.80. The third-order valence-corrected chi connectivity index (χ3v) is 9.07. The van der Waals surface area contributed by atoms with Gasteiger partial charge < -0.3 is 26.2 Å². The first-order chi connectivity index (χ1) is 21.7. The Morgan fingerprint density at radius 2 is 1.53 bits per heavy atom. The average Bonchev–Trinajstić information content (AvgIpc) is 3.06. The van der Waals surface area contributed by atoms with Crippen LogP contribution in [0.4, 0.5) is 10.1 Å². The standard InChI is InChI=1S/C33H34Cl2FN5O4/c34-24-9-10-25(31(36)30(24)35)38-32(44)26(13-15-37)39-33(45)27-17-21-6-2-4-8-23(21)19-41(27)29(43)12-11-28(42)40-16-14-20-5-1-3-7-22(20)18-40/h1-10,26-27H,11-19,37H2,(H,38,44)(H,39,45)/t26-,27-/m0/s1. The van der Waals surface area contributed by atoms with E-state index < -0.39 is 29.7 Å². The minimum atomic E-state index is -1.12. The van der Waals surface area contributed by atoms with Gasteiger partial charge >= 0.3 is 0 Å². The monoisotopic (exact) mass is 653 g/mol. The third-order valence-electron chi connectivity index (χ3n) is 8.29. The lowest BCUT2D eigenvalue weighted by Crippen LogP contribution is -2.56. The van der Waals surface area contributed by atoms with Crippen molar-refractivity contribution in [3.8, 4) is 0 Å². The Kier molecular flexibility index (Phi) is 10.4. The molecule has 0 spiro atoms. The number of nitrogens with two attached hydrogens (primary N) is 1. The molecule has 45 heavy (non-hydrogen) atoms. The minimum absolute atomic E-state index is 0.00993. The lowest BCUT2D eigenvalue weighted by Gasteiger charge is -2.37. The zero-order valence-electron chi connectivity index (χ0n) is 24.5. The maximum atomic E-state index is 14.6. The van der Waals surface area contributed by atoms with E-state index >= 15 is 0 Å². The van der Waals surface area contributed by atoms with Crippen molar-refractivity contribution in [2.45, 2.75) is 57.3 Å². The van der Waals surface area contributed by atoms with Crippen LogP contribution in [0.15, 0.2) is 60.7 Å². The van der Waals surface area contributed by atoms with Crippen LogP contribution < -0.4 is 16.4 Å². The van der Waals surface area contributed by atoms with Crippen molar-refractivity contribution in [2.75, 3.05) is 18.4 Å². The van der Waals surface area contributed by atoms with Gasteiger partial charge in [0.15, 0.2) is 5.82 Å². The molecule has 4 amide bonds. The fourth-order valence-electron chi connectivity index (χ4n) is 5.79. The summed E-state index contributed by atoms with van der Waals surface area (Å²) in [6.45, 7) is 1.33. The van der Waals surface area contributed by atoms with E-state index in [1.165, 1.54) is 22.6 Å². The van der Waals surface area contributed by atoms with E-state index in [4.69, 9.17) is 28.9 Å². The molecule has 3 aromatic rings. The molecule has 0 fully saturated rings. The van der Waals surface area contributed by atoms with Crippen LogP contribution in [0, 0.1) is 5.82 Å². The summed E-state index contributed by atoms with van der Waals surface area (Å²) in [5.41, 5.74) is 9.68. The van der Waals surface area contributed by atoms with Crippen LogP contribution in [-0.4, -0.2) is 58.6 Å². The highest BCUT2D eigenvalue weighted by molar-refractivity contribution is 6.42. The number of nitrogens with one attached hydrogen (secondary N) is 2. The number of carbonyl (C=O) groups excluding carboxylic acids is 4. The molecule has 0 saturated carbocycles. The number of hydrogen-bond acceptors (Lipinski definition) is 5. The molecule has 5 rings (SSSR count).